The number of hydrogen-bond donors (Lipinski definition) is 3. The Kier molecular flexibility index (Phi) is 28.8. The molecule has 3 N–H and O–H groups in total. The molecule has 11 nitrogen and oxygen atoms in total. The van der Waals surface area contributed by atoms with Crippen molar-refractivity contribution in [2.24, 2.45) is 0 Å². The summed E-state index contributed by atoms with van der Waals surface area (Å²) in [4.78, 5) is 42.7. The molecule has 0 aromatic rings. The van der Waals surface area contributed by atoms with E-state index in [1.807, 2.05) is 0 Å². The van der Waals surface area contributed by atoms with Gasteiger partial charge in [-0.1, -0.05) is 116 Å². The summed E-state index contributed by atoms with van der Waals surface area (Å²) in [7, 11) is -4.92. The number of aliphatic hydroxyl groups excluding tert-OH is 2. The zero-order valence-corrected chi connectivity index (χ0v) is 26.5. The highest BCUT2D eigenvalue weighted by atomic mass is 32.2. The molecule has 0 spiro atoms. The Morgan fingerprint density at radius 1 is 0.500 bits per heavy atom. The summed E-state index contributed by atoms with van der Waals surface area (Å²) < 4.78 is 32.5. The van der Waals surface area contributed by atoms with Crippen molar-refractivity contribution in [2.45, 2.75) is 153 Å². The molecule has 12 heteroatoms. The highest BCUT2D eigenvalue weighted by Crippen LogP contribution is 2.14. The maximum Gasteiger partial charge on any atom is 0.363 e. The molecule has 0 fully saturated rings. The lowest BCUT2D eigenvalue weighted by molar-refractivity contribution is -0.277. The van der Waals surface area contributed by atoms with Crippen molar-refractivity contribution < 1.29 is 52.3 Å². The van der Waals surface area contributed by atoms with Crippen LogP contribution in [0.3, 0.4) is 0 Å². The minimum absolute atomic E-state index is 0.0772. The fraction of sp³-hybridized carbons (Fsp3) is 0.933. The third kappa shape index (κ3) is 27.5. The molecule has 0 aliphatic rings. The molecule has 0 aromatic carbocycles. The predicted molar refractivity (Wildman–Crippen MR) is 160 cm³/mol. The highest BCUT2D eigenvalue weighted by molar-refractivity contribution is 7.87. The molecule has 0 aliphatic carbocycles. The quantitative estimate of drug-likeness (QED) is 0.0339. The fourth-order valence-corrected chi connectivity index (χ4v) is 5.11. The van der Waals surface area contributed by atoms with Crippen LogP contribution in [0.25, 0.3) is 0 Å². The lowest BCUT2D eigenvalue weighted by Gasteiger charge is -2.11. The number of rotatable bonds is 32. The molecule has 1 atom stereocenters. The standard InChI is InChI=1S/C30H58O11S/c31-23-19-15-11-7-3-1-5-9-13-17-21-25-38-40-29(33)27-28(42(35,36)37)30(34)41-39-26-22-18-14-10-6-2-4-8-12-16-20-24-32/h28,31-32H,1-27H2,(H,35,36,37). The fourth-order valence-electron chi connectivity index (χ4n) is 4.48. The first-order chi connectivity index (χ1) is 20.3. The number of carbonyl (C=O) groups is 2. The average molecular weight is 627 g/mol. The third-order valence-electron chi connectivity index (χ3n) is 7.04. The smallest absolute Gasteiger partial charge is 0.363 e. The van der Waals surface area contributed by atoms with Crippen LogP contribution in [0, 0.1) is 0 Å². The van der Waals surface area contributed by atoms with Crippen LogP contribution in [0.1, 0.15) is 148 Å². The average Bonchev–Trinajstić information content (AvgIpc) is 2.95. The first-order valence-corrected chi connectivity index (χ1v) is 17.7. The van der Waals surface area contributed by atoms with Gasteiger partial charge in [-0.3, -0.25) is 14.3 Å². The molecule has 42 heavy (non-hydrogen) atoms. The highest BCUT2D eigenvalue weighted by Gasteiger charge is 2.37. The van der Waals surface area contributed by atoms with Crippen molar-refractivity contribution in [1.29, 1.82) is 0 Å². The Morgan fingerprint density at radius 3 is 1.14 bits per heavy atom. The molecular weight excluding hydrogens is 568 g/mol. The van der Waals surface area contributed by atoms with E-state index in [1.165, 1.54) is 57.8 Å². The number of hydrogen-bond acceptors (Lipinski definition) is 10. The second kappa shape index (κ2) is 29.7. The molecule has 0 rings (SSSR count). The maximum atomic E-state index is 12.1. The van der Waals surface area contributed by atoms with Gasteiger partial charge in [0.25, 0.3) is 10.1 Å². The Morgan fingerprint density at radius 2 is 0.810 bits per heavy atom. The van der Waals surface area contributed by atoms with Gasteiger partial charge in [-0.15, -0.1) is 0 Å². The van der Waals surface area contributed by atoms with Gasteiger partial charge >= 0.3 is 11.9 Å². The zero-order valence-electron chi connectivity index (χ0n) is 25.7. The van der Waals surface area contributed by atoms with Gasteiger partial charge in [0.1, 0.15) is 0 Å². The Hall–Kier alpha value is -1.31. The monoisotopic (exact) mass is 626 g/mol. The minimum Gasteiger partial charge on any atom is -0.396 e. The molecule has 0 bridgehead atoms. The van der Waals surface area contributed by atoms with E-state index in [-0.39, 0.29) is 26.4 Å². The van der Waals surface area contributed by atoms with Crippen molar-refractivity contribution in [3.05, 3.63) is 0 Å². The van der Waals surface area contributed by atoms with Crippen molar-refractivity contribution in [3.63, 3.8) is 0 Å². The Bertz CT molecular complexity index is 731. The van der Waals surface area contributed by atoms with Crippen molar-refractivity contribution >= 4 is 22.1 Å². The summed E-state index contributed by atoms with van der Waals surface area (Å²) in [6.45, 7) is 0.763. The molecule has 1 unspecified atom stereocenters. The predicted octanol–water partition coefficient (Wildman–Crippen LogP) is 6.15. The van der Waals surface area contributed by atoms with E-state index in [9.17, 15) is 22.6 Å². The molecule has 0 radical (unpaired) electrons. The molecule has 0 saturated carbocycles. The van der Waals surface area contributed by atoms with Crippen LogP contribution < -0.4 is 0 Å². The number of carbonyl (C=O) groups excluding carboxylic acids is 2. The molecular formula is C30H58O11S. The second-order valence-electron chi connectivity index (χ2n) is 10.9. The van der Waals surface area contributed by atoms with Crippen LogP contribution in [0.5, 0.6) is 0 Å². The number of unbranched alkanes of at least 4 members (excludes halogenated alkanes) is 20. The topological polar surface area (TPSA) is 166 Å². The van der Waals surface area contributed by atoms with Gasteiger partial charge in [-0.05, 0) is 25.7 Å². The van der Waals surface area contributed by atoms with Gasteiger partial charge < -0.3 is 10.2 Å². The first kappa shape index (κ1) is 40.7. The van der Waals surface area contributed by atoms with E-state index < -0.39 is 33.7 Å². The van der Waals surface area contributed by atoms with E-state index in [4.69, 9.17) is 20.0 Å². The summed E-state index contributed by atoms with van der Waals surface area (Å²) in [5.74, 6) is -2.50. The van der Waals surface area contributed by atoms with E-state index in [0.29, 0.717) is 12.8 Å². The summed E-state index contributed by atoms with van der Waals surface area (Å²) in [6.07, 6.45) is 22.2. The third-order valence-corrected chi connectivity index (χ3v) is 8.12. The van der Waals surface area contributed by atoms with Crippen LogP contribution in [-0.4, -0.2) is 66.8 Å². The molecule has 0 aliphatic heterocycles. The lowest BCUT2D eigenvalue weighted by atomic mass is 10.1. The van der Waals surface area contributed by atoms with E-state index >= 15 is 0 Å². The summed E-state index contributed by atoms with van der Waals surface area (Å²) >= 11 is 0. The van der Waals surface area contributed by atoms with Crippen LogP contribution in [0.4, 0.5) is 0 Å². The summed E-state index contributed by atoms with van der Waals surface area (Å²) in [5.41, 5.74) is 0. The Labute approximate surface area is 253 Å². The van der Waals surface area contributed by atoms with Crippen LogP contribution >= 0.6 is 0 Å². The van der Waals surface area contributed by atoms with Crippen molar-refractivity contribution in [3.8, 4) is 0 Å². The van der Waals surface area contributed by atoms with E-state index in [1.54, 1.807) is 0 Å². The lowest BCUT2D eigenvalue weighted by Crippen LogP contribution is -2.34. The number of aliphatic hydroxyl groups is 2. The van der Waals surface area contributed by atoms with E-state index in [0.717, 1.165) is 70.6 Å². The zero-order chi connectivity index (χ0) is 31.2. The molecule has 250 valence electrons. The molecule has 0 heterocycles. The van der Waals surface area contributed by atoms with E-state index in [2.05, 4.69) is 9.78 Å². The van der Waals surface area contributed by atoms with Gasteiger partial charge in [0.2, 0.25) is 0 Å². The minimum atomic E-state index is -4.92. The first-order valence-electron chi connectivity index (χ1n) is 16.2. The summed E-state index contributed by atoms with van der Waals surface area (Å²) in [5, 5.41) is 15.3. The van der Waals surface area contributed by atoms with Gasteiger partial charge in [0.15, 0.2) is 5.25 Å². The van der Waals surface area contributed by atoms with Crippen molar-refractivity contribution in [1.82, 2.24) is 0 Å². The maximum absolute atomic E-state index is 12.1. The molecule has 0 amide bonds. The second-order valence-corrected chi connectivity index (χ2v) is 12.5. The molecule has 0 saturated heterocycles. The summed E-state index contributed by atoms with van der Waals surface area (Å²) in [6, 6.07) is 0. The normalized spacial score (nSPS) is 12.4. The van der Waals surface area contributed by atoms with Gasteiger partial charge in [0.05, 0.1) is 19.6 Å². The largest absolute Gasteiger partial charge is 0.396 e. The van der Waals surface area contributed by atoms with Gasteiger partial charge in [0, 0.05) is 13.2 Å². The SMILES string of the molecule is O=C(CC(C(=O)OOCCCCCCCCCCCCCO)S(=O)(=O)O)OOCCCCCCCCCCCCCO. The van der Waals surface area contributed by atoms with Gasteiger partial charge in [-0.25, -0.2) is 9.59 Å². The van der Waals surface area contributed by atoms with Gasteiger partial charge in [-0.2, -0.15) is 18.2 Å². The molecule has 0 aromatic heterocycles. The van der Waals surface area contributed by atoms with Crippen LogP contribution in [0.2, 0.25) is 0 Å². The Balaban J connectivity index is 3.81. The van der Waals surface area contributed by atoms with Crippen LogP contribution in [0.15, 0.2) is 0 Å². The van der Waals surface area contributed by atoms with Crippen molar-refractivity contribution in [2.75, 3.05) is 26.4 Å². The van der Waals surface area contributed by atoms with Crippen LogP contribution in [-0.2, 0) is 39.3 Å².